The molecule has 0 radical (unpaired) electrons. The molecule has 0 spiro atoms. The number of esters is 1. The molecular formula is C13H15BrFNO2. The molecule has 1 heterocycles. The normalized spacial score (nSPS) is 23.1. The van der Waals surface area contributed by atoms with Crippen LogP contribution in [0.25, 0.3) is 0 Å². The van der Waals surface area contributed by atoms with Crippen LogP contribution in [0, 0.1) is 11.7 Å². The summed E-state index contributed by atoms with van der Waals surface area (Å²) in [5.74, 6) is -1.00. The summed E-state index contributed by atoms with van der Waals surface area (Å²) in [6.45, 7) is 3.27. The van der Waals surface area contributed by atoms with Crippen LogP contribution in [0.3, 0.4) is 0 Å². The van der Waals surface area contributed by atoms with Gasteiger partial charge in [-0.2, -0.15) is 0 Å². The highest BCUT2D eigenvalue weighted by atomic mass is 79.9. The van der Waals surface area contributed by atoms with Crippen molar-refractivity contribution in [3.8, 4) is 0 Å². The maximum Gasteiger partial charge on any atom is 0.310 e. The number of hydrogen-bond donors (Lipinski definition) is 1. The molecule has 1 aromatic carbocycles. The van der Waals surface area contributed by atoms with Crippen LogP contribution in [0.1, 0.15) is 18.4 Å². The molecule has 2 unspecified atom stereocenters. The van der Waals surface area contributed by atoms with Crippen LogP contribution in [0.2, 0.25) is 0 Å². The Balaban J connectivity index is 2.23. The van der Waals surface area contributed by atoms with Gasteiger partial charge in [-0.15, -0.1) is 0 Å². The van der Waals surface area contributed by atoms with Gasteiger partial charge in [-0.25, -0.2) is 4.39 Å². The third kappa shape index (κ3) is 2.72. The summed E-state index contributed by atoms with van der Waals surface area (Å²) in [6.07, 6.45) is 0. The lowest BCUT2D eigenvalue weighted by molar-refractivity contribution is -0.147. The number of rotatable bonds is 3. The zero-order valence-electron chi connectivity index (χ0n) is 10.1. The number of carbonyl (C=O) groups is 1. The SMILES string of the molecule is CCOC(=O)C1CNCC1c1ccc(Br)cc1F. The highest BCUT2D eigenvalue weighted by molar-refractivity contribution is 9.10. The fraction of sp³-hybridized carbons (Fsp3) is 0.462. The molecule has 18 heavy (non-hydrogen) atoms. The summed E-state index contributed by atoms with van der Waals surface area (Å²) in [5.41, 5.74) is 0.571. The monoisotopic (exact) mass is 315 g/mol. The van der Waals surface area contributed by atoms with E-state index < -0.39 is 0 Å². The maximum atomic E-state index is 13.9. The number of benzene rings is 1. The van der Waals surface area contributed by atoms with Crippen molar-refractivity contribution in [2.75, 3.05) is 19.7 Å². The number of hydrogen-bond acceptors (Lipinski definition) is 3. The van der Waals surface area contributed by atoms with Gasteiger partial charge < -0.3 is 10.1 Å². The van der Waals surface area contributed by atoms with Crippen molar-refractivity contribution in [3.63, 3.8) is 0 Å². The molecule has 0 saturated carbocycles. The van der Waals surface area contributed by atoms with Crippen LogP contribution in [0.15, 0.2) is 22.7 Å². The molecule has 1 fully saturated rings. The molecule has 1 aromatic rings. The van der Waals surface area contributed by atoms with E-state index in [1.165, 1.54) is 6.07 Å². The van der Waals surface area contributed by atoms with Gasteiger partial charge in [-0.05, 0) is 24.6 Å². The minimum absolute atomic E-state index is 0.155. The Labute approximate surface area is 114 Å². The van der Waals surface area contributed by atoms with Gasteiger partial charge in [0.15, 0.2) is 0 Å². The Morgan fingerprint density at radius 1 is 1.56 bits per heavy atom. The Kier molecular flexibility index (Phi) is 4.35. The molecule has 1 N–H and O–H groups in total. The maximum absolute atomic E-state index is 13.9. The second-order valence-corrected chi connectivity index (χ2v) is 5.20. The van der Waals surface area contributed by atoms with Crippen molar-refractivity contribution in [1.29, 1.82) is 0 Å². The van der Waals surface area contributed by atoms with E-state index in [2.05, 4.69) is 21.2 Å². The first-order valence-electron chi connectivity index (χ1n) is 5.95. The molecule has 5 heteroatoms. The van der Waals surface area contributed by atoms with E-state index >= 15 is 0 Å². The molecule has 0 amide bonds. The van der Waals surface area contributed by atoms with Gasteiger partial charge in [0.05, 0.1) is 12.5 Å². The molecule has 0 bridgehead atoms. The summed E-state index contributed by atoms with van der Waals surface area (Å²) < 4.78 is 19.6. The van der Waals surface area contributed by atoms with Gasteiger partial charge in [0.1, 0.15) is 5.82 Å². The van der Waals surface area contributed by atoms with E-state index in [1.54, 1.807) is 19.1 Å². The second kappa shape index (κ2) is 5.80. The summed E-state index contributed by atoms with van der Waals surface area (Å²) in [5, 5.41) is 3.12. The number of ether oxygens (including phenoxy) is 1. The average Bonchev–Trinajstić information content (AvgIpc) is 2.78. The van der Waals surface area contributed by atoms with E-state index in [0.29, 0.717) is 29.7 Å². The van der Waals surface area contributed by atoms with Crippen LogP contribution in [0.5, 0.6) is 0 Å². The first-order chi connectivity index (χ1) is 8.63. The standard InChI is InChI=1S/C13H15BrFNO2/c1-2-18-13(17)11-7-16-6-10(11)9-4-3-8(14)5-12(9)15/h3-5,10-11,16H,2,6-7H2,1H3. The van der Waals surface area contributed by atoms with Gasteiger partial charge in [-0.1, -0.05) is 22.0 Å². The van der Waals surface area contributed by atoms with Crippen LogP contribution >= 0.6 is 15.9 Å². The number of halogens is 2. The molecule has 0 aliphatic carbocycles. The number of nitrogens with one attached hydrogen (secondary N) is 1. The minimum atomic E-state index is -0.305. The molecule has 3 nitrogen and oxygen atoms in total. The highest BCUT2D eigenvalue weighted by Gasteiger charge is 2.36. The summed E-state index contributed by atoms with van der Waals surface area (Å²) >= 11 is 3.23. The van der Waals surface area contributed by atoms with E-state index in [4.69, 9.17) is 4.74 Å². The Bertz CT molecular complexity index is 453. The molecule has 1 aliphatic heterocycles. The van der Waals surface area contributed by atoms with Crippen molar-refractivity contribution in [2.24, 2.45) is 5.92 Å². The first-order valence-corrected chi connectivity index (χ1v) is 6.75. The first kappa shape index (κ1) is 13.5. The van der Waals surface area contributed by atoms with Crippen LogP contribution in [0.4, 0.5) is 4.39 Å². The van der Waals surface area contributed by atoms with Gasteiger partial charge in [0.25, 0.3) is 0 Å². The van der Waals surface area contributed by atoms with E-state index in [-0.39, 0.29) is 23.6 Å². The van der Waals surface area contributed by atoms with Crippen molar-refractivity contribution in [1.82, 2.24) is 5.32 Å². The molecular weight excluding hydrogens is 301 g/mol. The van der Waals surface area contributed by atoms with Gasteiger partial charge in [0.2, 0.25) is 0 Å². The predicted octanol–water partition coefficient (Wildman–Crippen LogP) is 2.45. The van der Waals surface area contributed by atoms with Gasteiger partial charge >= 0.3 is 5.97 Å². The lowest BCUT2D eigenvalue weighted by Crippen LogP contribution is -2.24. The van der Waals surface area contributed by atoms with Crippen LogP contribution in [-0.2, 0) is 9.53 Å². The Morgan fingerprint density at radius 3 is 3.00 bits per heavy atom. The quantitative estimate of drug-likeness (QED) is 0.871. The molecule has 0 aromatic heterocycles. The third-order valence-electron chi connectivity index (χ3n) is 3.17. The van der Waals surface area contributed by atoms with Crippen LogP contribution in [-0.4, -0.2) is 25.7 Å². The summed E-state index contributed by atoms with van der Waals surface area (Å²) in [7, 11) is 0. The number of carbonyl (C=O) groups excluding carboxylic acids is 1. The Hall–Kier alpha value is -0.940. The fourth-order valence-corrected chi connectivity index (χ4v) is 2.64. The molecule has 2 rings (SSSR count). The van der Waals surface area contributed by atoms with Crippen LogP contribution < -0.4 is 5.32 Å². The largest absolute Gasteiger partial charge is 0.466 e. The van der Waals surface area contributed by atoms with E-state index in [9.17, 15) is 9.18 Å². The summed E-state index contributed by atoms with van der Waals surface area (Å²) in [6, 6.07) is 4.94. The zero-order valence-corrected chi connectivity index (χ0v) is 11.7. The van der Waals surface area contributed by atoms with Gasteiger partial charge in [-0.3, -0.25) is 4.79 Å². The average molecular weight is 316 g/mol. The molecule has 1 saturated heterocycles. The van der Waals surface area contributed by atoms with Crippen molar-refractivity contribution in [3.05, 3.63) is 34.1 Å². The predicted molar refractivity (Wildman–Crippen MR) is 69.8 cm³/mol. The molecule has 98 valence electrons. The lowest BCUT2D eigenvalue weighted by atomic mass is 9.88. The molecule has 2 atom stereocenters. The van der Waals surface area contributed by atoms with E-state index in [0.717, 1.165) is 0 Å². The van der Waals surface area contributed by atoms with E-state index in [1.807, 2.05) is 0 Å². The Morgan fingerprint density at radius 2 is 2.33 bits per heavy atom. The minimum Gasteiger partial charge on any atom is -0.466 e. The fourth-order valence-electron chi connectivity index (χ4n) is 2.30. The smallest absolute Gasteiger partial charge is 0.310 e. The summed E-state index contributed by atoms with van der Waals surface area (Å²) in [4.78, 5) is 11.8. The molecule has 1 aliphatic rings. The lowest BCUT2D eigenvalue weighted by Gasteiger charge is -2.18. The highest BCUT2D eigenvalue weighted by Crippen LogP contribution is 2.31. The topological polar surface area (TPSA) is 38.3 Å². The van der Waals surface area contributed by atoms with Gasteiger partial charge in [0, 0.05) is 23.5 Å². The van der Waals surface area contributed by atoms with Crippen molar-refractivity contribution in [2.45, 2.75) is 12.8 Å². The zero-order chi connectivity index (χ0) is 13.1. The third-order valence-corrected chi connectivity index (χ3v) is 3.66. The van der Waals surface area contributed by atoms with Crippen molar-refractivity contribution >= 4 is 21.9 Å². The van der Waals surface area contributed by atoms with Crippen molar-refractivity contribution < 1.29 is 13.9 Å². The second-order valence-electron chi connectivity index (χ2n) is 4.29.